The number of alkyl halides is 5. The Kier molecular flexibility index (Phi) is 14.2. The summed E-state index contributed by atoms with van der Waals surface area (Å²) in [5.41, 5.74) is -2.57. The summed E-state index contributed by atoms with van der Waals surface area (Å²) in [4.78, 5) is 50.0. The van der Waals surface area contributed by atoms with Gasteiger partial charge in [0.15, 0.2) is 0 Å². The number of hydrogen-bond donors (Lipinski definition) is 5. The highest BCUT2D eigenvalue weighted by Gasteiger charge is 2.55. The standard InChI is InChI=1S/C30H40F7N7O7/c1-28(2,3)21(39-26(48)50-6)24(47)42-43(14-17-18(31)10-15(11-19(17)32)20-8-9-44(41-20)25(33)34)13-16(45)12-38-23(46)22(40-27(49)51-7)29(4,5)30(35,36)37/h8-11,16,21-22,25,45H,12-14H2,1-7H3,(H,38,46)(H,39,48)(H,40,49)(H,42,47)/t16-,21-,22?/m1/s1. The van der Waals surface area contributed by atoms with Gasteiger partial charge in [-0.2, -0.15) is 27.1 Å². The van der Waals surface area contributed by atoms with Crippen molar-refractivity contribution in [2.45, 2.75) is 72.1 Å². The van der Waals surface area contributed by atoms with Crippen molar-refractivity contribution >= 4 is 24.0 Å². The van der Waals surface area contributed by atoms with Gasteiger partial charge < -0.3 is 30.5 Å². The summed E-state index contributed by atoms with van der Waals surface area (Å²) in [6.07, 6.45) is -8.20. The van der Waals surface area contributed by atoms with Crippen LogP contribution in [0.4, 0.5) is 40.3 Å². The van der Waals surface area contributed by atoms with Gasteiger partial charge in [0.1, 0.15) is 23.7 Å². The molecule has 0 bridgehead atoms. The summed E-state index contributed by atoms with van der Waals surface area (Å²) >= 11 is 0. The molecule has 0 spiro atoms. The number of hydrazine groups is 1. The topological polar surface area (TPSA) is 176 Å². The van der Waals surface area contributed by atoms with Crippen LogP contribution in [0.2, 0.25) is 0 Å². The van der Waals surface area contributed by atoms with Crippen LogP contribution in [-0.2, 0) is 25.6 Å². The maximum absolute atomic E-state index is 15.4. The van der Waals surface area contributed by atoms with E-state index in [4.69, 9.17) is 0 Å². The highest BCUT2D eigenvalue weighted by molar-refractivity contribution is 5.87. The largest absolute Gasteiger partial charge is 0.453 e. The van der Waals surface area contributed by atoms with E-state index < -0.39 is 103 Å². The fourth-order valence-electron chi connectivity index (χ4n) is 4.47. The number of alkyl carbamates (subject to hydrolysis) is 2. The molecule has 2 rings (SSSR count). The van der Waals surface area contributed by atoms with Crippen LogP contribution in [0.1, 0.15) is 46.7 Å². The molecule has 1 aromatic carbocycles. The molecule has 0 fully saturated rings. The lowest BCUT2D eigenvalue weighted by atomic mass is 9.83. The number of methoxy groups -OCH3 is 2. The van der Waals surface area contributed by atoms with Crippen LogP contribution in [0.3, 0.4) is 0 Å². The van der Waals surface area contributed by atoms with Crippen molar-refractivity contribution in [3.05, 3.63) is 41.6 Å². The summed E-state index contributed by atoms with van der Waals surface area (Å²) in [6.45, 7) is 0.641. The zero-order valence-corrected chi connectivity index (χ0v) is 28.6. The molecule has 1 aromatic heterocycles. The van der Waals surface area contributed by atoms with Gasteiger partial charge in [0.25, 0.3) is 5.91 Å². The van der Waals surface area contributed by atoms with Crippen LogP contribution in [-0.4, -0.2) is 95.6 Å². The van der Waals surface area contributed by atoms with Crippen molar-refractivity contribution in [2.24, 2.45) is 10.8 Å². The molecule has 0 aliphatic rings. The van der Waals surface area contributed by atoms with Gasteiger partial charge in [-0.25, -0.2) is 28.1 Å². The van der Waals surface area contributed by atoms with Crippen molar-refractivity contribution in [2.75, 3.05) is 27.3 Å². The minimum absolute atomic E-state index is 0.188. The van der Waals surface area contributed by atoms with E-state index in [1.54, 1.807) is 26.1 Å². The van der Waals surface area contributed by atoms with E-state index in [2.05, 4.69) is 30.6 Å². The Morgan fingerprint density at radius 2 is 1.45 bits per heavy atom. The van der Waals surface area contributed by atoms with E-state index in [1.807, 2.05) is 0 Å². The minimum Gasteiger partial charge on any atom is -0.453 e. The molecular formula is C30H40F7N7O7. The molecule has 0 saturated carbocycles. The number of hydrogen-bond acceptors (Lipinski definition) is 9. The van der Waals surface area contributed by atoms with Crippen LogP contribution >= 0.6 is 0 Å². The Bertz CT molecular complexity index is 1520. The number of nitrogens with zero attached hydrogens (tertiary/aromatic N) is 3. The minimum atomic E-state index is -5.00. The molecular weight excluding hydrogens is 703 g/mol. The number of halogens is 7. The average molecular weight is 744 g/mol. The Morgan fingerprint density at radius 1 is 0.922 bits per heavy atom. The first kappa shape index (κ1) is 42.5. The number of carbonyl (C=O) groups excluding carboxylic acids is 4. The normalized spacial score (nSPS) is 14.1. The molecule has 5 N–H and O–H groups in total. The lowest BCUT2D eigenvalue weighted by molar-refractivity contribution is -0.220. The Hall–Kier alpha value is -4.66. The number of amides is 4. The van der Waals surface area contributed by atoms with E-state index in [1.165, 1.54) is 0 Å². The SMILES string of the molecule is COC(=O)NC(C(=O)NC[C@@H](O)CN(Cc1c(F)cc(-c2ccn(C(F)F)n2)cc1F)NC(=O)[C@@H](NC(=O)OC)C(C)(C)C)C(C)(C)C(F)(F)F. The number of aliphatic hydroxyl groups excluding tert-OH is 1. The number of carbonyl (C=O) groups is 4. The van der Waals surface area contributed by atoms with E-state index in [0.717, 1.165) is 43.6 Å². The fraction of sp³-hybridized carbons (Fsp3) is 0.567. The molecule has 286 valence electrons. The Morgan fingerprint density at radius 3 is 1.90 bits per heavy atom. The van der Waals surface area contributed by atoms with E-state index in [0.29, 0.717) is 13.8 Å². The summed E-state index contributed by atoms with van der Waals surface area (Å²) in [5, 5.41) is 21.4. The Balaban J connectivity index is 2.41. The molecule has 0 saturated heterocycles. The maximum Gasteiger partial charge on any atom is 0.407 e. The van der Waals surface area contributed by atoms with Gasteiger partial charge in [-0.1, -0.05) is 20.8 Å². The molecule has 51 heavy (non-hydrogen) atoms. The number of rotatable bonds is 14. The predicted molar refractivity (Wildman–Crippen MR) is 164 cm³/mol. The van der Waals surface area contributed by atoms with E-state index >= 15 is 8.78 Å². The van der Waals surface area contributed by atoms with Crippen molar-refractivity contribution in [3.8, 4) is 11.3 Å². The van der Waals surface area contributed by atoms with Crippen molar-refractivity contribution < 1.29 is 64.5 Å². The molecule has 4 amide bonds. The zero-order chi connectivity index (χ0) is 39.1. The number of aliphatic hydroxyl groups is 1. The third-order valence-corrected chi connectivity index (χ3v) is 7.54. The van der Waals surface area contributed by atoms with E-state index in [9.17, 15) is 46.2 Å². The van der Waals surface area contributed by atoms with Crippen molar-refractivity contribution in [1.29, 1.82) is 0 Å². The van der Waals surface area contributed by atoms with Crippen LogP contribution in [0, 0.1) is 22.5 Å². The maximum atomic E-state index is 15.4. The number of benzene rings is 1. The fourth-order valence-corrected chi connectivity index (χ4v) is 4.47. The molecule has 1 heterocycles. The first-order valence-electron chi connectivity index (χ1n) is 15.0. The van der Waals surface area contributed by atoms with Gasteiger partial charge in [-0.15, -0.1) is 0 Å². The van der Waals surface area contributed by atoms with Crippen LogP contribution < -0.4 is 21.4 Å². The Labute approximate surface area is 288 Å². The first-order valence-corrected chi connectivity index (χ1v) is 15.0. The van der Waals surface area contributed by atoms with Crippen molar-refractivity contribution in [3.63, 3.8) is 0 Å². The van der Waals surface area contributed by atoms with Gasteiger partial charge in [0.05, 0.1) is 31.4 Å². The number of nitrogens with one attached hydrogen (secondary N) is 4. The molecule has 0 aliphatic heterocycles. The molecule has 3 atom stereocenters. The predicted octanol–water partition coefficient (Wildman–Crippen LogP) is 3.62. The quantitative estimate of drug-likeness (QED) is 0.143. The molecule has 2 aromatic rings. The second kappa shape index (κ2) is 17.0. The lowest BCUT2D eigenvalue weighted by Gasteiger charge is -2.35. The highest BCUT2D eigenvalue weighted by Crippen LogP contribution is 2.40. The highest BCUT2D eigenvalue weighted by atomic mass is 19.4. The zero-order valence-electron chi connectivity index (χ0n) is 28.6. The second-order valence-electron chi connectivity index (χ2n) is 12.9. The van der Waals surface area contributed by atoms with Gasteiger partial charge in [-0.3, -0.25) is 15.0 Å². The summed E-state index contributed by atoms with van der Waals surface area (Å²) in [7, 11) is 1.90. The van der Waals surface area contributed by atoms with Crippen LogP contribution in [0.5, 0.6) is 0 Å². The molecule has 1 unspecified atom stereocenters. The molecule has 14 nitrogen and oxygen atoms in total. The van der Waals surface area contributed by atoms with Crippen molar-refractivity contribution in [1.82, 2.24) is 36.2 Å². The lowest BCUT2D eigenvalue weighted by Crippen LogP contribution is -2.60. The smallest absolute Gasteiger partial charge is 0.407 e. The molecule has 21 heteroatoms. The summed E-state index contributed by atoms with van der Waals surface area (Å²) in [5.74, 6) is -4.77. The van der Waals surface area contributed by atoms with Gasteiger partial charge >= 0.3 is 24.9 Å². The molecule has 0 radical (unpaired) electrons. The van der Waals surface area contributed by atoms with Gasteiger partial charge in [0, 0.05) is 37.0 Å². The van der Waals surface area contributed by atoms with Gasteiger partial charge in [-0.05, 0) is 37.5 Å². The number of ether oxygens (including phenoxy) is 2. The second-order valence-corrected chi connectivity index (χ2v) is 12.9. The molecule has 0 aliphatic carbocycles. The monoisotopic (exact) mass is 743 g/mol. The van der Waals surface area contributed by atoms with Crippen LogP contribution in [0.25, 0.3) is 11.3 Å². The third kappa shape index (κ3) is 11.4. The first-order chi connectivity index (χ1) is 23.4. The van der Waals surface area contributed by atoms with Crippen LogP contribution in [0.15, 0.2) is 24.4 Å². The summed E-state index contributed by atoms with van der Waals surface area (Å²) in [6, 6.07) is -0.888. The number of aromatic nitrogens is 2. The average Bonchev–Trinajstić information content (AvgIpc) is 3.52. The van der Waals surface area contributed by atoms with E-state index in [-0.39, 0.29) is 15.9 Å². The third-order valence-electron chi connectivity index (χ3n) is 7.54. The van der Waals surface area contributed by atoms with Gasteiger partial charge in [0.2, 0.25) is 5.91 Å². The summed E-state index contributed by atoms with van der Waals surface area (Å²) < 4.78 is 107.